The second-order valence-electron chi connectivity index (χ2n) is 6.74. The average Bonchev–Trinajstić information content (AvgIpc) is 3.36. The third-order valence-electron chi connectivity index (χ3n) is 4.69. The third kappa shape index (κ3) is 4.19. The SMILES string of the molecule is O=C(c1ccc(Cn2ccnc2)o1)N1CCC[C@@H](Nc2ccc(F)cc2)C1. The number of hydrogen-bond donors (Lipinski definition) is 1. The molecule has 1 saturated heterocycles. The van der Waals surface area contributed by atoms with Gasteiger partial charge in [-0.2, -0.15) is 0 Å². The molecule has 1 aliphatic heterocycles. The van der Waals surface area contributed by atoms with Crippen molar-refractivity contribution in [3.63, 3.8) is 0 Å². The highest BCUT2D eigenvalue weighted by atomic mass is 19.1. The van der Waals surface area contributed by atoms with Crippen LogP contribution in [0.5, 0.6) is 0 Å². The molecule has 1 aromatic carbocycles. The van der Waals surface area contributed by atoms with E-state index in [0.717, 1.165) is 18.5 Å². The molecule has 27 heavy (non-hydrogen) atoms. The number of anilines is 1. The summed E-state index contributed by atoms with van der Waals surface area (Å²) < 4.78 is 20.7. The third-order valence-corrected chi connectivity index (χ3v) is 4.69. The standard InChI is InChI=1S/C20H21FN4O2/c21-15-3-5-16(6-4-15)23-17-2-1-10-25(12-17)20(26)19-8-7-18(27-19)13-24-11-9-22-14-24/h3-9,11,14,17,23H,1-2,10,12-13H2/t17-/m1/s1. The molecule has 0 aliphatic carbocycles. The summed E-state index contributed by atoms with van der Waals surface area (Å²) >= 11 is 0. The van der Waals surface area contributed by atoms with E-state index in [-0.39, 0.29) is 17.8 Å². The number of imidazole rings is 1. The van der Waals surface area contributed by atoms with Gasteiger partial charge in [-0.15, -0.1) is 0 Å². The first-order chi connectivity index (χ1) is 13.2. The summed E-state index contributed by atoms with van der Waals surface area (Å²) in [5.74, 6) is 0.713. The maximum Gasteiger partial charge on any atom is 0.289 e. The molecule has 0 radical (unpaired) electrons. The maximum absolute atomic E-state index is 13.0. The highest BCUT2D eigenvalue weighted by Gasteiger charge is 2.26. The summed E-state index contributed by atoms with van der Waals surface area (Å²) in [6.07, 6.45) is 7.14. The molecule has 3 aromatic rings. The minimum Gasteiger partial charge on any atom is -0.454 e. The maximum atomic E-state index is 13.0. The summed E-state index contributed by atoms with van der Waals surface area (Å²) in [4.78, 5) is 18.6. The largest absolute Gasteiger partial charge is 0.454 e. The van der Waals surface area contributed by atoms with E-state index in [1.54, 1.807) is 30.7 Å². The Kier molecular flexibility index (Phi) is 4.91. The Balaban J connectivity index is 1.38. The smallest absolute Gasteiger partial charge is 0.289 e. The van der Waals surface area contributed by atoms with Crippen LogP contribution in [0.4, 0.5) is 10.1 Å². The molecule has 140 valence electrons. The van der Waals surface area contributed by atoms with Crippen molar-refractivity contribution in [1.82, 2.24) is 14.5 Å². The number of nitrogens with one attached hydrogen (secondary N) is 1. The van der Waals surface area contributed by atoms with Gasteiger partial charge in [-0.25, -0.2) is 9.37 Å². The molecule has 0 unspecified atom stereocenters. The summed E-state index contributed by atoms with van der Waals surface area (Å²) in [5.41, 5.74) is 0.858. The second kappa shape index (κ2) is 7.65. The fourth-order valence-corrected chi connectivity index (χ4v) is 3.36. The molecule has 1 atom stereocenters. The number of carbonyl (C=O) groups is 1. The first-order valence-electron chi connectivity index (χ1n) is 9.03. The molecule has 1 fully saturated rings. The molecule has 3 heterocycles. The van der Waals surface area contributed by atoms with Crippen LogP contribution in [-0.4, -0.2) is 39.5 Å². The molecule has 1 N–H and O–H groups in total. The average molecular weight is 368 g/mol. The normalized spacial score (nSPS) is 17.1. The predicted molar refractivity (Wildman–Crippen MR) is 99.0 cm³/mol. The number of hydrogen-bond acceptors (Lipinski definition) is 4. The number of halogens is 1. The van der Waals surface area contributed by atoms with Crippen molar-refractivity contribution in [1.29, 1.82) is 0 Å². The van der Waals surface area contributed by atoms with Gasteiger partial charge in [0.05, 0.1) is 12.9 Å². The van der Waals surface area contributed by atoms with Crippen LogP contribution in [0.2, 0.25) is 0 Å². The molecule has 0 bridgehead atoms. The van der Waals surface area contributed by atoms with E-state index in [2.05, 4.69) is 10.3 Å². The lowest BCUT2D eigenvalue weighted by Gasteiger charge is -2.33. The van der Waals surface area contributed by atoms with Gasteiger partial charge in [-0.05, 0) is 49.2 Å². The van der Waals surface area contributed by atoms with E-state index in [1.807, 2.05) is 21.7 Å². The zero-order valence-electron chi connectivity index (χ0n) is 14.8. The minimum absolute atomic E-state index is 0.0995. The Morgan fingerprint density at radius 3 is 2.89 bits per heavy atom. The first-order valence-corrected chi connectivity index (χ1v) is 9.03. The van der Waals surface area contributed by atoms with Crippen molar-refractivity contribution in [2.45, 2.75) is 25.4 Å². The van der Waals surface area contributed by atoms with Crippen LogP contribution >= 0.6 is 0 Å². The first kappa shape index (κ1) is 17.3. The Morgan fingerprint density at radius 2 is 2.11 bits per heavy atom. The number of benzene rings is 1. The van der Waals surface area contributed by atoms with Crippen LogP contribution in [0.15, 0.2) is 59.5 Å². The number of aromatic nitrogens is 2. The van der Waals surface area contributed by atoms with Crippen LogP contribution in [0, 0.1) is 5.82 Å². The van der Waals surface area contributed by atoms with Gasteiger partial charge in [0, 0.05) is 37.2 Å². The van der Waals surface area contributed by atoms with Gasteiger partial charge >= 0.3 is 0 Å². The predicted octanol–water partition coefficient (Wildman–Crippen LogP) is 3.38. The number of nitrogens with zero attached hydrogens (tertiary/aromatic N) is 3. The fourth-order valence-electron chi connectivity index (χ4n) is 3.36. The van der Waals surface area contributed by atoms with Gasteiger partial charge in [0.2, 0.25) is 0 Å². The van der Waals surface area contributed by atoms with E-state index in [4.69, 9.17) is 4.42 Å². The van der Waals surface area contributed by atoms with Gasteiger partial charge in [-0.3, -0.25) is 4.79 Å². The Morgan fingerprint density at radius 1 is 1.26 bits per heavy atom. The van der Waals surface area contributed by atoms with Gasteiger partial charge in [0.1, 0.15) is 11.6 Å². The molecule has 0 saturated carbocycles. The summed E-state index contributed by atoms with van der Waals surface area (Å²) in [6.45, 7) is 1.84. The molecule has 6 nitrogen and oxygen atoms in total. The van der Waals surface area contributed by atoms with E-state index in [0.29, 0.717) is 31.2 Å². The lowest BCUT2D eigenvalue weighted by atomic mass is 10.0. The van der Waals surface area contributed by atoms with Crippen molar-refractivity contribution in [2.24, 2.45) is 0 Å². The Hall–Kier alpha value is -3.09. The zero-order chi connectivity index (χ0) is 18.6. The molecule has 1 amide bonds. The van der Waals surface area contributed by atoms with Gasteiger partial charge in [-0.1, -0.05) is 0 Å². The van der Waals surface area contributed by atoms with Crippen molar-refractivity contribution in [2.75, 3.05) is 18.4 Å². The number of piperidine rings is 1. The molecular weight excluding hydrogens is 347 g/mol. The van der Waals surface area contributed by atoms with Gasteiger partial charge in [0.25, 0.3) is 5.91 Å². The number of carbonyl (C=O) groups excluding carboxylic acids is 1. The van der Waals surface area contributed by atoms with Crippen LogP contribution < -0.4 is 5.32 Å². The van der Waals surface area contributed by atoms with Crippen LogP contribution in [0.3, 0.4) is 0 Å². The topological polar surface area (TPSA) is 63.3 Å². The Bertz CT molecular complexity index is 889. The van der Waals surface area contributed by atoms with E-state index >= 15 is 0 Å². The molecule has 7 heteroatoms. The minimum atomic E-state index is -0.259. The number of furan rings is 1. The van der Waals surface area contributed by atoms with Crippen LogP contribution in [0.25, 0.3) is 0 Å². The molecular formula is C20H21FN4O2. The summed E-state index contributed by atoms with van der Waals surface area (Å²) in [6, 6.07) is 9.97. The molecule has 4 rings (SSSR count). The summed E-state index contributed by atoms with van der Waals surface area (Å²) in [5, 5.41) is 3.38. The quantitative estimate of drug-likeness (QED) is 0.750. The number of amides is 1. The fraction of sp³-hybridized carbons (Fsp3) is 0.300. The highest BCUT2D eigenvalue weighted by molar-refractivity contribution is 5.91. The van der Waals surface area contributed by atoms with Crippen LogP contribution in [0.1, 0.15) is 29.2 Å². The van der Waals surface area contributed by atoms with Crippen molar-refractivity contribution in [3.8, 4) is 0 Å². The highest BCUT2D eigenvalue weighted by Crippen LogP contribution is 2.19. The van der Waals surface area contributed by atoms with E-state index in [9.17, 15) is 9.18 Å². The van der Waals surface area contributed by atoms with Crippen molar-refractivity contribution >= 4 is 11.6 Å². The number of likely N-dealkylation sites (tertiary alicyclic amines) is 1. The Labute approximate surface area is 156 Å². The summed E-state index contributed by atoms with van der Waals surface area (Å²) in [7, 11) is 0. The zero-order valence-corrected chi connectivity index (χ0v) is 14.8. The number of rotatable bonds is 5. The van der Waals surface area contributed by atoms with Gasteiger partial charge in [0.15, 0.2) is 5.76 Å². The van der Waals surface area contributed by atoms with E-state index in [1.165, 1.54) is 12.1 Å². The molecule has 0 spiro atoms. The lowest BCUT2D eigenvalue weighted by molar-refractivity contribution is 0.0680. The lowest BCUT2D eigenvalue weighted by Crippen LogP contribution is -2.45. The van der Waals surface area contributed by atoms with Crippen molar-refractivity contribution < 1.29 is 13.6 Å². The van der Waals surface area contributed by atoms with Crippen LogP contribution in [-0.2, 0) is 6.54 Å². The second-order valence-corrected chi connectivity index (χ2v) is 6.74. The monoisotopic (exact) mass is 368 g/mol. The van der Waals surface area contributed by atoms with Gasteiger partial charge < -0.3 is 19.2 Å². The molecule has 1 aliphatic rings. The van der Waals surface area contributed by atoms with Crippen molar-refractivity contribution in [3.05, 3.63) is 72.5 Å². The van der Waals surface area contributed by atoms with E-state index < -0.39 is 0 Å². The molecule has 2 aromatic heterocycles.